The molecule has 0 bridgehead atoms. The molecule has 0 aromatic carbocycles. The van der Waals surface area contributed by atoms with E-state index in [0.717, 1.165) is 44.5 Å². The van der Waals surface area contributed by atoms with Crippen molar-refractivity contribution in [3.05, 3.63) is 34.9 Å². The Hall–Kier alpha value is -2.15. The van der Waals surface area contributed by atoms with E-state index in [1.807, 2.05) is 24.8 Å². The van der Waals surface area contributed by atoms with Crippen molar-refractivity contribution in [1.82, 2.24) is 15.0 Å². The van der Waals surface area contributed by atoms with Gasteiger partial charge in [0.1, 0.15) is 18.1 Å². The first-order valence-corrected chi connectivity index (χ1v) is 9.24. The molecule has 1 saturated heterocycles. The minimum Gasteiger partial charge on any atom is -0.466 e. The first kappa shape index (κ1) is 17.3. The summed E-state index contributed by atoms with van der Waals surface area (Å²) in [5.41, 5.74) is 0.874. The van der Waals surface area contributed by atoms with E-state index in [1.165, 1.54) is 0 Å². The third-order valence-corrected chi connectivity index (χ3v) is 5.88. The smallest absolute Gasteiger partial charge is 0.257 e. The average Bonchev–Trinajstić information content (AvgIpc) is 3.18. The third-order valence-electron chi connectivity index (χ3n) is 5.88. The van der Waals surface area contributed by atoms with Crippen molar-refractivity contribution in [1.29, 1.82) is 0 Å². The zero-order valence-corrected chi connectivity index (χ0v) is 15.6. The Morgan fingerprint density at radius 2 is 2.08 bits per heavy atom. The highest BCUT2D eigenvalue weighted by atomic mass is 16.5. The van der Waals surface area contributed by atoms with Crippen molar-refractivity contribution >= 4 is 5.91 Å². The Bertz CT molecular complexity index is 802. The van der Waals surface area contributed by atoms with Crippen molar-refractivity contribution < 1.29 is 18.5 Å². The van der Waals surface area contributed by atoms with Gasteiger partial charge in [0.25, 0.3) is 11.8 Å². The van der Waals surface area contributed by atoms with Gasteiger partial charge < -0.3 is 18.6 Å². The van der Waals surface area contributed by atoms with Crippen LogP contribution in [0.3, 0.4) is 0 Å². The Kier molecular flexibility index (Phi) is 4.34. The number of ether oxygens (including phenoxy) is 1. The predicted molar refractivity (Wildman–Crippen MR) is 92.6 cm³/mol. The molecule has 2 aromatic heterocycles. The third kappa shape index (κ3) is 3.05. The fourth-order valence-corrected chi connectivity index (χ4v) is 4.24. The highest BCUT2D eigenvalue weighted by Crippen LogP contribution is 2.51. The summed E-state index contributed by atoms with van der Waals surface area (Å²) in [7, 11) is 0. The van der Waals surface area contributed by atoms with E-state index < -0.39 is 0 Å². The quantitative estimate of drug-likeness (QED) is 0.834. The van der Waals surface area contributed by atoms with E-state index in [9.17, 15) is 4.79 Å². The van der Waals surface area contributed by atoms with Gasteiger partial charge in [0, 0.05) is 18.5 Å². The van der Waals surface area contributed by atoms with Gasteiger partial charge in [-0.05, 0) is 52.5 Å². The van der Waals surface area contributed by atoms with Gasteiger partial charge in [-0.3, -0.25) is 4.79 Å². The average molecular weight is 359 g/mol. The first-order chi connectivity index (χ1) is 12.5. The lowest BCUT2D eigenvalue weighted by Gasteiger charge is -2.53. The summed E-state index contributed by atoms with van der Waals surface area (Å²) in [5, 5.41) is 3.79. The minimum absolute atomic E-state index is 0.0762. The monoisotopic (exact) mass is 359 g/mol. The van der Waals surface area contributed by atoms with Crippen LogP contribution in [0.2, 0.25) is 0 Å². The molecule has 1 amide bonds. The molecule has 0 N–H and O–H groups in total. The second kappa shape index (κ2) is 6.54. The van der Waals surface area contributed by atoms with Crippen LogP contribution in [-0.4, -0.2) is 40.1 Å². The van der Waals surface area contributed by atoms with Crippen LogP contribution in [0.25, 0.3) is 0 Å². The van der Waals surface area contributed by atoms with E-state index in [2.05, 4.69) is 10.1 Å². The molecule has 0 radical (unpaired) electrons. The molecule has 140 valence electrons. The van der Waals surface area contributed by atoms with Gasteiger partial charge in [0.15, 0.2) is 5.82 Å². The van der Waals surface area contributed by atoms with Gasteiger partial charge in [-0.15, -0.1) is 0 Å². The number of piperidine rings is 1. The predicted octanol–water partition coefficient (Wildman–Crippen LogP) is 3.19. The van der Waals surface area contributed by atoms with Crippen LogP contribution in [0.5, 0.6) is 0 Å². The molecule has 26 heavy (non-hydrogen) atoms. The highest BCUT2D eigenvalue weighted by molar-refractivity contribution is 5.95. The fourth-order valence-electron chi connectivity index (χ4n) is 4.24. The van der Waals surface area contributed by atoms with Gasteiger partial charge in [-0.1, -0.05) is 5.16 Å². The number of hydrogen-bond donors (Lipinski definition) is 0. The molecule has 1 saturated carbocycles. The fraction of sp³-hybridized carbons (Fsp3) is 0.632. The molecule has 4 rings (SSSR count). The number of nitrogens with zero attached hydrogens (tertiary/aromatic N) is 3. The second-order valence-corrected chi connectivity index (χ2v) is 7.56. The number of amides is 1. The van der Waals surface area contributed by atoms with E-state index in [0.29, 0.717) is 29.6 Å². The zero-order valence-electron chi connectivity index (χ0n) is 15.6. The molecule has 1 aliphatic heterocycles. The summed E-state index contributed by atoms with van der Waals surface area (Å²) < 4.78 is 16.7. The Morgan fingerprint density at radius 3 is 2.62 bits per heavy atom. The molecule has 7 nitrogen and oxygen atoms in total. The molecule has 1 spiro atoms. The Balaban J connectivity index is 1.34. The summed E-state index contributed by atoms with van der Waals surface area (Å²) in [6.07, 6.45) is 4.38. The summed E-state index contributed by atoms with van der Waals surface area (Å²) in [5.74, 6) is 2.72. The van der Waals surface area contributed by atoms with Crippen LogP contribution in [0, 0.1) is 26.2 Å². The SMILES string of the molecule is Cc1noc(COC2CCC23CCN(C(=O)c2cc(C)oc2C)CC3)n1. The number of aromatic nitrogens is 2. The van der Waals surface area contributed by atoms with Gasteiger partial charge >= 0.3 is 0 Å². The number of carbonyl (C=O) groups excluding carboxylic acids is 1. The summed E-state index contributed by atoms with van der Waals surface area (Å²) in [6, 6.07) is 1.84. The summed E-state index contributed by atoms with van der Waals surface area (Å²) in [6.45, 7) is 7.41. The molecule has 1 aliphatic carbocycles. The van der Waals surface area contributed by atoms with Crippen molar-refractivity contribution in [3.63, 3.8) is 0 Å². The second-order valence-electron chi connectivity index (χ2n) is 7.56. The lowest BCUT2D eigenvalue weighted by atomic mass is 9.60. The standard InChI is InChI=1S/C19H25N3O4/c1-12-10-15(13(2)25-12)18(23)22-8-6-19(7-9-22)5-4-16(19)24-11-17-20-14(3)21-26-17/h10,16H,4-9,11H2,1-3H3. The molecular formula is C19H25N3O4. The maximum atomic E-state index is 12.8. The van der Waals surface area contributed by atoms with E-state index in [-0.39, 0.29) is 17.4 Å². The Labute approximate surface area is 152 Å². The minimum atomic E-state index is 0.0762. The molecule has 3 heterocycles. The summed E-state index contributed by atoms with van der Waals surface area (Å²) >= 11 is 0. The van der Waals surface area contributed by atoms with Crippen LogP contribution in [0.1, 0.15) is 59.3 Å². The van der Waals surface area contributed by atoms with Crippen LogP contribution < -0.4 is 0 Å². The number of furan rings is 1. The van der Waals surface area contributed by atoms with Gasteiger partial charge in [-0.2, -0.15) is 4.98 Å². The van der Waals surface area contributed by atoms with Gasteiger partial charge in [0.2, 0.25) is 0 Å². The van der Waals surface area contributed by atoms with Crippen molar-refractivity contribution in [3.8, 4) is 0 Å². The summed E-state index contributed by atoms with van der Waals surface area (Å²) in [4.78, 5) is 18.9. The largest absolute Gasteiger partial charge is 0.466 e. The topological polar surface area (TPSA) is 81.6 Å². The molecule has 7 heteroatoms. The first-order valence-electron chi connectivity index (χ1n) is 9.24. The number of aryl methyl sites for hydroxylation is 3. The number of likely N-dealkylation sites (tertiary alicyclic amines) is 1. The van der Waals surface area contributed by atoms with Crippen molar-refractivity contribution in [2.45, 2.75) is 59.2 Å². The molecular weight excluding hydrogens is 334 g/mol. The normalized spacial score (nSPS) is 21.8. The van der Waals surface area contributed by atoms with Crippen molar-refractivity contribution in [2.24, 2.45) is 5.41 Å². The van der Waals surface area contributed by atoms with Crippen LogP contribution in [0.4, 0.5) is 0 Å². The molecule has 2 fully saturated rings. The van der Waals surface area contributed by atoms with Crippen molar-refractivity contribution in [2.75, 3.05) is 13.1 Å². The Morgan fingerprint density at radius 1 is 1.31 bits per heavy atom. The number of carbonyl (C=O) groups is 1. The number of hydrogen-bond acceptors (Lipinski definition) is 6. The van der Waals surface area contributed by atoms with E-state index in [1.54, 1.807) is 6.92 Å². The lowest BCUT2D eigenvalue weighted by Crippen LogP contribution is -2.54. The van der Waals surface area contributed by atoms with E-state index >= 15 is 0 Å². The molecule has 2 aliphatic rings. The van der Waals surface area contributed by atoms with Crippen LogP contribution in [-0.2, 0) is 11.3 Å². The number of rotatable bonds is 4. The van der Waals surface area contributed by atoms with Crippen LogP contribution in [0.15, 0.2) is 15.0 Å². The van der Waals surface area contributed by atoms with Gasteiger partial charge in [-0.25, -0.2) is 0 Å². The maximum Gasteiger partial charge on any atom is 0.257 e. The highest BCUT2D eigenvalue weighted by Gasteiger charge is 2.49. The molecule has 2 aromatic rings. The maximum absolute atomic E-state index is 12.8. The molecule has 1 unspecified atom stereocenters. The molecule has 1 atom stereocenters. The lowest BCUT2D eigenvalue weighted by molar-refractivity contribution is -0.143. The van der Waals surface area contributed by atoms with E-state index in [4.69, 9.17) is 13.7 Å². The zero-order chi connectivity index (χ0) is 18.3. The van der Waals surface area contributed by atoms with Gasteiger partial charge in [0.05, 0.1) is 11.7 Å². The van der Waals surface area contributed by atoms with Crippen LogP contribution >= 0.6 is 0 Å².